The molecule has 0 spiro atoms. The summed E-state index contributed by atoms with van der Waals surface area (Å²) in [4.78, 5) is 2.07. The third-order valence-electron chi connectivity index (χ3n) is 5.77. The van der Waals surface area contributed by atoms with Gasteiger partial charge in [0.1, 0.15) is 5.60 Å². The molecule has 35 heavy (non-hydrogen) atoms. The Morgan fingerprint density at radius 2 is 1.71 bits per heavy atom. The molecule has 1 fully saturated rings. The lowest BCUT2D eigenvalue weighted by molar-refractivity contribution is -0.137. The predicted octanol–water partition coefficient (Wildman–Crippen LogP) is 6.38. The molecule has 1 saturated heterocycles. The second-order valence-electron chi connectivity index (χ2n) is 9.77. The van der Waals surface area contributed by atoms with Crippen LogP contribution < -0.4 is 5.73 Å². The van der Waals surface area contributed by atoms with E-state index in [-0.39, 0.29) is 44.0 Å². The van der Waals surface area contributed by atoms with E-state index in [1.807, 2.05) is 25.7 Å². The summed E-state index contributed by atoms with van der Waals surface area (Å²) >= 11 is 6.09. The maximum Gasteiger partial charge on any atom is 0.417 e. The molecular weight excluding hydrogens is 501 g/mol. The van der Waals surface area contributed by atoms with Gasteiger partial charge in [-0.1, -0.05) is 23.7 Å². The van der Waals surface area contributed by atoms with Crippen LogP contribution in [0.3, 0.4) is 0 Å². The van der Waals surface area contributed by atoms with E-state index in [1.165, 1.54) is 30.3 Å². The molecule has 10 heteroatoms. The van der Waals surface area contributed by atoms with Gasteiger partial charge >= 0.3 is 6.18 Å². The Labute approximate surface area is 209 Å². The molecule has 1 heterocycles. The van der Waals surface area contributed by atoms with E-state index in [2.05, 4.69) is 6.58 Å². The van der Waals surface area contributed by atoms with Crippen LogP contribution in [0.2, 0.25) is 5.02 Å². The number of ether oxygens (including phenoxy) is 1. The number of benzene rings is 2. The van der Waals surface area contributed by atoms with Crippen LogP contribution in [0.5, 0.6) is 0 Å². The van der Waals surface area contributed by atoms with Gasteiger partial charge in [0.25, 0.3) is 0 Å². The molecule has 0 radical (unpaired) electrons. The third kappa shape index (κ3) is 6.85. The number of piperidine rings is 1. The number of nitrogens with zero attached hydrogens (tertiary/aromatic N) is 1. The zero-order valence-corrected chi connectivity index (χ0v) is 21.5. The topological polar surface area (TPSA) is 72.6 Å². The fraction of sp³-hybridized carbons (Fsp3) is 0.440. The van der Waals surface area contributed by atoms with Gasteiger partial charge < -0.3 is 15.4 Å². The summed E-state index contributed by atoms with van der Waals surface area (Å²) in [5.41, 5.74) is 4.03. The van der Waals surface area contributed by atoms with Crippen molar-refractivity contribution in [3.63, 3.8) is 0 Å². The van der Waals surface area contributed by atoms with Crippen molar-refractivity contribution in [2.24, 2.45) is 5.92 Å². The molecule has 0 bridgehead atoms. The number of hydrogen-bond acceptors (Lipinski definition) is 5. The Bertz CT molecular complexity index is 1180. The maximum absolute atomic E-state index is 13.6. The first kappa shape index (κ1) is 27.2. The summed E-state index contributed by atoms with van der Waals surface area (Å²) in [6.45, 7) is 11.1. The second kappa shape index (κ2) is 9.93. The van der Waals surface area contributed by atoms with Crippen LogP contribution in [0.15, 0.2) is 53.8 Å². The van der Waals surface area contributed by atoms with Crippen molar-refractivity contribution in [1.82, 2.24) is 4.90 Å². The van der Waals surface area contributed by atoms with E-state index in [4.69, 9.17) is 22.1 Å². The van der Waals surface area contributed by atoms with E-state index in [1.54, 1.807) is 0 Å². The van der Waals surface area contributed by atoms with E-state index in [0.717, 1.165) is 6.07 Å². The summed E-state index contributed by atoms with van der Waals surface area (Å²) < 4.78 is 72.5. The Kier molecular flexibility index (Phi) is 7.72. The summed E-state index contributed by atoms with van der Waals surface area (Å²) in [6.07, 6.45) is -3.34. The zero-order chi connectivity index (χ0) is 26.2. The number of rotatable bonds is 6. The lowest BCUT2D eigenvalue weighted by Gasteiger charge is -2.36. The van der Waals surface area contributed by atoms with Crippen molar-refractivity contribution in [3.05, 3.63) is 59.4 Å². The zero-order valence-electron chi connectivity index (χ0n) is 20.0. The summed E-state index contributed by atoms with van der Waals surface area (Å²) in [6, 6.07) is 7.40. The van der Waals surface area contributed by atoms with Gasteiger partial charge in [-0.15, -0.1) is 0 Å². The summed E-state index contributed by atoms with van der Waals surface area (Å²) in [7, 11) is -3.63. The number of sulfone groups is 1. The summed E-state index contributed by atoms with van der Waals surface area (Å²) in [5.74, 6) is 0.499. The van der Waals surface area contributed by atoms with Crippen LogP contribution in [0.25, 0.3) is 11.1 Å². The number of nitrogens with two attached hydrogens (primary N) is 1. The first-order valence-corrected chi connectivity index (χ1v) is 13.2. The highest BCUT2D eigenvalue weighted by Crippen LogP contribution is 2.42. The lowest BCUT2D eigenvalue weighted by atomic mass is 9.98. The van der Waals surface area contributed by atoms with Crippen molar-refractivity contribution in [2.75, 3.05) is 24.6 Å². The van der Waals surface area contributed by atoms with Crippen LogP contribution in [0.4, 0.5) is 18.9 Å². The van der Waals surface area contributed by atoms with Crippen molar-refractivity contribution in [2.45, 2.75) is 50.3 Å². The molecule has 2 aromatic carbocycles. The SMILES string of the molecule is C=C(OC(C)(C)C)N1CCC(CS(=O)(=O)c2ccc(-c3c(Cl)cc(N)cc3C(F)(F)F)cc2)CC1. The van der Waals surface area contributed by atoms with E-state index >= 15 is 0 Å². The Morgan fingerprint density at radius 1 is 1.14 bits per heavy atom. The van der Waals surface area contributed by atoms with Gasteiger partial charge in [0.05, 0.1) is 21.2 Å². The monoisotopic (exact) mass is 530 g/mol. The number of nitrogen functional groups attached to an aromatic ring is 1. The lowest BCUT2D eigenvalue weighted by Crippen LogP contribution is -2.37. The number of alkyl halides is 3. The quantitative estimate of drug-likeness (QED) is 0.346. The minimum Gasteiger partial charge on any atom is -0.474 e. The fourth-order valence-electron chi connectivity index (χ4n) is 4.15. The molecule has 2 aromatic rings. The van der Waals surface area contributed by atoms with Crippen molar-refractivity contribution in [1.29, 1.82) is 0 Å². The van der Waals surface area contributed by atoms with Gasteiger partial charge in [0.15, 0.2) is 15.7 Å². The smallest absolute Gasteiger partial charge is 0.417 e. The van der Waals surface area contributed by atoms with Gasteiger partial charge in [-0.05, 0) is 75.9 Å². The third-order valence-corrected chi connectivity index (χ3v) is 7.97. The maximum atomic E-state index is 13.6. The highest BCUT2D eigenvalue weighted by Gasteiger charge is 2.35. The molecule has 2 N–H and O–H groups in total. The van der Waals surface area contributed by atoms with Crippen LogP contribution in [0, 0.1) is 5.92 Å². The van der Waals surface area contributed by atoms with Crippen molar-refractivity contribution in [3.8, 4) is 11.1 Å². The molecule has 192 valence electrons. The molecule has 1 aliphatic rings. The first-order chi connectivity index (χ1) is 16.1. The molecule has 1 aliphatic heterocycles. The minimum absolute atomic E-state index is 0.0385. The van der Waals surface area contributed by atoms with Crippen molar-refractivity contribution >= 4 is 27.1 Å². The molecule has 0 atom stereocenters. The van der Waals surface area contributed by atoms with Gasteiger partial charge in [0.2, 0.25) is 0 Å². The summed E-state index contributed by atoms with van der Waals surface area (Å²) in [5, 5.41) is -0.156. The van der Waals surface area contributed by atoms with Crippen molar-refractivity contribution < 1.29 is 26.3 Å². The number of halogens is 4. The largest absolute Gasteiger partial charge is 0.474 e. The Morgan fingerprint density at radius 3 is 2.23 bits per heavy atom. The van der Waals surface area contributed by atoms with Crippen LogP contribution in [-0.2, 0) is 20.8 Å². The number of anilines is 1. The average molecular weight is 531 g/mol. The van der Waals surface area contributed by atoms with E-state index in [0.29, 0.717) is 31.8 Å². The molecule has 0 aliphatic carbocycles. The molecular formula is C25H30ClF3N2O3S. The molecule has 0 saturated carbocycles. The van der Waals surface area contributed by atoms with Crippen LogP contribution >= 0.6 is 11.6 Å². The minimum atomic E-state index is -4.67. The number of likely N-dealkylation sites (tertiary alicyclic amines) is 1. The molecule has 0 aromatic heterocycles. The van der Waals surface area contributed by atoms with Gasteiger partial charge in [-0.25, -0.2) is 8.42 Å². The molecule has 0 unspecified atom stereocenters. The highest BCUT2D eigenvalue weighted by atomic mass is 35.5. The average Bonchev–Trinajstić information content (AvgIpc) is 2.72. The molecule has 3 rings (SSSR count). The fourth-order valence-corrected chi connectivity index (χ4v) is 6.18. The highest BCUT2D eigenvalue weighted by molar-refractivity contribution is 7.91. The first-order valence-electron chi connectivity index (χ1n) is 11.2. The Hall–Kier alpha value is -2.39. The van der Waals surface area contributed by atoms with Crippen LogP contribution in [-0.4, -0.2) is 37.8 Å². The predicted molar refractivity (Wildman–Crippen MR) is 133 cm³/mol. The van der Waals surface area contributed by atoms with Gasteiger partial charge in [-0.2, -0.15) is 13.2 Å². The molecule has 5 nitrogen and oxygen atoms in total. The van der Waals surface area contributed by atoms with Gasteiger partial charge in [-0.3, -0.25) is 0 Å². The van der Waals surface area contributed by atoms with E-state index < -0.39 is 21.6 Å². The normalized spacial score (nSPS) is 15.8. The second-order valence-corrected chi connectivity index (χ2v) is 12.2. The van der Waals surface area contributed by atoms with Crippen LogP contribution in [0.1, 0.15) is 39.2 Å². The van der Waals surface area contributed by atoms with E-state index in [9.17, 15) is 21.6 Å². The number of hydrogen-bond donors (Lipinski definition) is 1. The molecule has 0 amide bonds. The van der Waals surface area contributed by atoms with Gasteiger partial charge in [0, 0.05) is 24.3 Å². The Balaban J connectivity index is 1.72. The standard InChI is InChI=1S/C25H30ClF3N2O3S/c1-16(34-24(2,3)4)31-11-9-17(10-12-31)15-35(32,33)20-7-5-18(6-8-20)23-21(25(27,28)29)13-19(30)14-22(23)26/h5-8,13-14,17H,1,9-12,15,30H2,2-4H3.